The quantitative estimate of drug-likeness (QED) is 0.0364. The molecule has 0 radical (unpaired) electrons. The highest BCUT2D eigenvalue weighted by molar-refractivity contribution is 7.46. The van der Waals surface area contributed by atoms with Crippen LogP contribution >= 0.6 is 7.82 Å². The van der Waals surface area contributed by atoms with Crippen LogP contribution in [-0.2, 0) is 71.8 Å². The Morgan fingerprint density at radius 3 is 1.61 bits per heavy atom. The number of carbonyl (C=O) groups excluding carboxylic acids is 4. The van der Waals surface area contributed by atoms with E-state index >= 15 is 0 Å². The molecule has 4 amide bonds. The van der Waals surface area contributed by atoms with E-state index < -0.39 is 111 Å². The van der Waals surface area contributed by atoms with Gasteiger partial charge >= 0.3 is 19.9 Å². The van der Waals surface area contributed by atoms with Gasteiger partial charge in [0.25, 0.3) is 0 Å². The average Bonchev–Trinajstić information content (AvgIpc) is 3.28. The SMILES string of the molecule is CC(C)CC(NC(=O)OC(C)(C)C)C(=O)NC(CC(=O)O)C(=O)NC(C(=O)NCCCC1OC(COP(=O)(O)O)C(OCc2ccccc2)C(OCc2ccccc2)C1OCc1ccccc1)C(C)C. The van der Waals surface area contributed by atoms with Crippen molar-refractivity contribution in [1.29, 1.82) is 0 Å². The first-order valence-corrected chi connectivity index (χ1v) is 25.0. The van der Waals surface area contributed by atoms with Crippen molar-refractivity contribution in [2.45, 2.75) is 148 Å². The van der Waals surface area contributed by atoms with Gasteiger partial charge in [-0.25, -0.2) is 9.36 Å². The lowest BCUT2D eigenvalue weighted by Gasteiger charge is -2.46. The zero-order valence-electron chi connectivity index (χ0n) is 41.0. The first-order valence-electron chi connectivity index (χ1n) is 23.5. The second-order valence-corrected chi connectivity index (χ2v) is 20.2. The number of hydrogen-bond donors (Lipinski definition) is 7. The third kappa shape index (κ3) is 20.6. The van der Waals surface area contributed by atoms with Crippen molar-refractivity contribution in [3.05, 3.63) is 108 Å². The van der Waals surface area contributed by atoms with E-state index in [-0.39, 0.29) is 51.5 Å². The molecule has 8 atom stereocenters. The summed E-state index contributed by atoms with van der Waals surface area (Å²) in [6.45, 7) is 11.9. The Morgan fingerprint density at radius 1 is 0.671 bits per heavy atom. The highest BCUT2D eigenvalue weighted by atomic mass is 31.2. The predicted molar refractivity (Wildman–Crippen MR) is 258 cm³/mol. The molecule has 70 heavy (non-hydrogen) atoms. The van der Waals surface area contributed by atoms with E-state index in [1.54, 1.807) is 34.6 Å². The molecule has 20 heteroatoms. The number of carboxylic acid groups (broad SMARTS) is 1. The molecule has 0 saturated carbocycles. The fourth-order valence-electron chi connectivity index (χ4n) is 7.64. The van der Waals surface area contributed by atoms with Gasteiger partial charge in [0.1, 0.15) is 48.1 Å². The van der Waals surface area contributed by atoms with Gasteiger partial charge in [-0.1, -0.05) is 119 Å². The molecule has 4 rings (SSSR count). The Morgan fingerprint density at radius 2 is 1.16 bits per heavy atom. The number of phosphoric acid groups is 1. The molecule has 8 unspecified atom stereocenters. The summed E-state index contributed by atoms with van der Waals surface area (Å²) in [4.78, 5) is 85.1. The molecule has 7 N–H and O–H groups in total. The van der Waals surface area contributed by atoms with Gasteiger partial charge < -0.3 is 59.8 Å². The summed E-state index contributed by atoms with van der Waals surface area (Å²) in [7, 11) is -4.97. The number of alkyl carbamates (subject to hydrolysis) is 1. The summed E-state index contributed by atoms with van der Waals surface area (Å²) >= 11 is 0. The summed E-state index contributed by atoms with van der Waals surface area (Å²) in [5.74, 6) is -4.28. The first-order chi connectivity index (χ1) is 33.1. The van der Waals surface area contributed by atoms with Gasteiger partial charge in [-0.3, -0.25) is 23.7 Å². The number of phosphoric ester groups is 1. The minimum atomic E-state index is -4.97. The molecule has 3 aromatic rings. The fraction of sp³-hybridized carbons (Fsp3) is 0.540. The molecule has 0 aromatic heterocycles. The van der Waals surface area contributed by atoms with Crippen LogP contribution in [0, 0.1) is 11.8 Å². The maximum Gasteiger partial charge on any atom is 0.469 e. The largest absolute Gasteiger partial charge is 0.481 e. The summed E-state index contributed by atoms with van der Waals surface area (Å²) in [5.41, 5.74) is 1.69. The smallest absolute Gasteiger partial charge is 0.469 e. The highest BCUT2D eigenvalue weighted by Crippen LogP contribution is 2.39. The maximum atomic E-state index is 13.8. The number of hydrogen-bond acceptors (Lipinski definition) is 12. The van der Waals surface area contributed by atoms with Crippen molar-refractivity contribution < 1.29 is 71.6 Å². The van der Waals surface area contributed by atoms with Crippen LogP contribution in [0.3, 0.4) is 0 Å². The van der Waals surface area contributed by atoms with Gasteiger partial charge in [-0.2, -0.15) is 0 Å². The third-order valence-corrected chi connectivity index (χ3v) is 11.4. The van der Waals surface area contributed by atoms with E-state index in [0.717, 1.165) is 16.7 Å². The molecule has 3 aromatic carbocycles. The van der Waals surface area contributed by atoms with Crippen molar-refractivity contribution in [2.75, 3.05) is 13.2 Å². The van der Waals surface area contributed by atoms with E-state index in [1.807, 2.05) is 105 Å². The molecule has 19 nitrogen and oxygen atoms in total. The Hall–Kier alpha value is -5.24. The first kappa shape index (κ1) is 57.3. The lowest BCUT2D eigenvalue weighted by Crippen LogP contribution is -2.61. The lowest BCUT2D eigenvalue weighted by atomic mass is 9.91. The third-order valence-electron chi connectivity index (χ3n) is 10.9. The molecular formula is C50H71N4O15P. The molecule has 1 aliphatic heterocycles. The molecule has 0 spiro atoms. The predicted octanol–water partition coefficient (Wildman–Crippen LogP) is 5.56. The number of carbonyl (C=O) groups is 5. The van der Waals surface area contributed by atoms with Crippen LogP contribution in [0.25, 0.3) is 0 Å². The maximum absolute atomic E-state index is 13.8. The van der Waals surface area contributed by atoms with E-state index in [1.165, 1.54) is 0 Å². The second kappa shape index (κ2) is 28.0. The number of ether oxygens (including phenoxy) is 5. The summed E-state index contributed by atoms with van der Waals surface area (Å²) in [6.07, 6.45) is -5.45. The zero-order valence-corrected chi connectivity index (χ0v) is 41.9. The minimum Gasteiger partial charge on any atom is -0.481 e. The van der Waals surface area contributed by atoms with Crippen LogP contribution in [-0.4, -0.2) is 112 Å². The molecular weight excluding hydrogens is 928 g/mol. The topological polar surface area (TPSA) is 267 Å². The molecule has 1 aliphatic rings. The number of aliphatic carboxylic acids is 1. The number of amides is 4. The summed E-state index contributed by atoms with van der Waals surface area (Å²) in [5, 5.41) is 20.1. The van der Waals surface area contributed by atoms with E-state index in [4.69, 9.17) is 28.2 Å². The Labute approximate surface area is 410 Å². The van der Waals surface area contributed by atoms with E-state index in [0.29, 0.717) is 0 Å². The average molecular weight is 999 g/mol. The number of benzene rings is 3. The number of nitrogens with one attached hydrogen (secondary N) is 4. The monoisotopic (exact) mass is 998 g/mol. The van der Waals surface area contributed by atoms with Crippen LogP contribution in [0.5, 0.6) is 0 Å². The van der Waals surface area contributed by atoms with Crippen molar-refractivity contribution in [2.24, 2.45) is 11.8 Å². The van der Waals surface area contributed by atoms with Gasteiger partial charge in [-0.05, 0) is 68.6 Å². The van der Waals surface area contributed by atoms with Crippen molar-refractivity contribution in [3.8, 4) is 0 Å². The van der Waals surface area contributed by atoms with Crippen molar-refractivity contribution >= 4 is 37.6 Å². The van der Waals surface area contributed by atoms with Crippen LogP contribution in [0.1, 0.15) is 90.8 Å². The van der Waals surface area contributed by atoms with Gasteiger partial charge in [0.15, 0.2) is 0 Å². The molecule has 1 saturated heterocycles. The van der Waals surface area contributed by atoms with E-state index in [2.05, 4.69) is 21.3 Å². The molecule has 386 valence electrons. The normalized spacial score (nSPS) is 19.7. The van der Waals surface area contributed by atoms with Gasteiger partial charge in [0.2, 0.25) is 17.7 Å². The van der Waals surface area contributed by atoms with Crippen LogP contribution in [0.4, 0.5) is 4.79 Å². The number of carboxylic acids is 1. The summed E-state index contributed by atoms with van der Waals surface area (Å²) < 4.78 is 48.8. The Kier molecular flexibility index (Phi) is 22.9. The van der Waals surface area contributed by atoms with Crippen molar-refractivity contribution in [1.82, 2.24) is 21.3 Å². The molecule has 0 aliphatic carbocycles. The van der Waals surface area contributed by atoms with Gasteiger partial charge in [-0.15, -0.1) is 0 Å². The molecule has 1 heterocycles. The fourth-order valence-corrected chi connectivity index (χ4v) is 7.98. The Bertz CT molecular complexity index is 2140. The summed E-state index contributed by atoms with van der Waals surface area (Å²) in [6, 6.07) is 24.3. The highest BCUT2D eigenvalue weighted by Gasteiger charge is 2.49. The van der Waals surface area contributed by atoms with Gasteiger partial charge in [0, 0.05) is 6.54 Å². The van der Waals surface area contributed by atoms with Crippen LogP contribution < -0.4 is 21.3 Å². The second-order valence-electron chi connectivity index (χ2n) is 18.9. The Balaban J connectivity index is 1.53. The minimum absolute atomic E-state index is 0.0683. The standard InChI is InChI=1S/C50H71N4O15P/c1-32(2)26-37(53-49(60)69-50(5,6)7)46(57)52-38(27-41(55)56)47(58)54-42(33(3)4)48(59)51-25-17-24-39-43(64-28-34-18-11-8-12-19-34)45(66-30-36-22-15-10-16-23-36)44(40(68-39)31-67-70(61,62)63)65-29-35-20-13-9-14-21-35/h8-16,18-23,32-33,37-40,42-45H,17,24-31H2,1-7H3,(H,51,59)(H,52,57)(H,53,60)(H,54,58)(H,55,56)(H2,61,62,63). The molecule has 1 fully saturated rings. The van der Waals surface area contributed by atoms with Gasteiger partial charge in [0.05, 0.1) is 39.0 Å². The van der Waals surface area contributed by atoms with Crippen LogP contribution in [0.15, 0.2) is 91.0 Å². The molecule has 0 bridgehead atoms. The van der Waals surface area contributed by atoms with Crippen molar-refractivity contribution in [3.63, 3.8) is 0 Å². The van der Waals surface area contributed by atoms with Crippen LogP contribution in [0.2, 0.25) is 0 Å². The zero-order chi connectivity index (χ0) is 51.4. The number of rotatable bonds is 27. The lowest BCUT2D eigenvalue weighted by molar-refractivity contribution is -0.270. The van der Waals surface area contributed by atoms with E-state index in [9.17, 15) is 43.4 Å².